The summed E-state index contributed by atoms with van der Waals surface area (Å²) in [4.78, 5) is 25.4. The summed E-state index contributed by atoms with van der Waals surface area (Å²) < 4.78 is 26.6. The van der Waals surface area contributed by atoms with Gasteiger partial charge in [-0.2, -0.15) is 4.98 Å². The minimum absolute atomic E-state index is 0.322. The molecule has 2 aromatic carbocycles. The molecule has 0 aliphatic rings. The second-order valence-electron chi connectivity index (χ2n) is 6.75. The molecule has 0 bridgehead atoms. The summed E-state index contributed by atoms with van der Waals surface area (Å²) in [7, 11) is -3.39. The predicted molar refractivity (Wildman–Crippen MR) is 116 cm³/mol. The van der Waals surface area contributed by atoms with Crippen molar-refractivity contribution in [2.75, 3.05) is 16.3 Å². The number of nitrogens with one attached hydrogen (secondary N) is 2. The van der Waals surface area contributed by atoms with Gasteiger partial charge in [0.15, 0.2) is 5.65 Å². The fourth-order valence-corrected chi connectivity index (χ4v) is 3.44. The number of hydrogen-bond donors (Lipinski definition) is 2. The van der Waals surface area contributed by atoms with Crippen LogP contribution in [0.4, 0.5) is 17.3 Å². The maximum Gasteiger partial charge on any atom is 0.275 e. The van der Waals surface area contributed by atoms with Crippen LogP contribution < -0.4 is 15.6 Å². The van der Waals surface area contributed by atoms with Gasteiger partial charge in [-0.3, -0.25) is 14.1 Å². The third kappa shape index (κ3) is 4.28. The smallest absolute Gasteiger partial charge is 0.275 e. The van der Waals surface area contributed by atoms with Crippen LogP contribution in [-0.4, -0.2) is 34.2 Å². The van der Waals surface area contributed by atoms with E-state index in [1.807, 2.05) is 31.2 Å². The number of fused-ring (bicyclic) bond motifs is 1. The quantitative estimate of drug-likeness (QED) is 0.507. The second kappa shape index (κ2) is 7.56. The van der Waals surface area contributed by atoms with Gasteiger partial charge in [-0.15, -0.1) is 0 Å². The van der Waals surface area contributed by atoms with Gasteiger partial charge in [0.05, 0.1) is 24.3 Å². The molecule has 2 heterocycles. The molecule has 4 rings (SSSR count). The molecule has 0 radical (unpaired) electrons. The van der Waals surface area contributed by atoms with Gasteiger partial charge in [0.2, 0.25) is 16.0 Å². The van der Waals surface area contributed by atoms with Crippen molar-refractivity contribution in [3.8, 4) is 5.69 Å². The molecule has 0 amide bonds. The highest BCUT2D eigenvalue weighted by molar-refractivity contribution is 7.92. The maximum atomic E-state index is 12.6. The van der Waals surface area contributed by atoms with Crippen molar-refractivity contribution in [1.29, 1.82) is 0 Å². The number of aryl methyl sites for hydroxylation is 1. The molecule has 10 heteroatoms. The Kier molecular flexibility index (Phi) is 4.92. The first-order valence-electron chi connectivity index (χ1n) is 8.95. The Morgan fingerprint density at radius 1 is 0.900 bits per heavy atom. The number of benzene rings is 2. The molecule has 0 saturated carbocycles. The highest BCUT2D eigenvalue weighted by Gasteiger charge is 2.11. The van der Waals surface area contributed by atoms with E-state index in [0.717, 1.165) is 17.5 Å². The minimum atomic E-state index is -3.39. The number of sulfonamides is 1. The molecular weight excluding hydrogens is 404 g/mol. The Labute approximate surface area is 172 Å². The van der Waals surface area contributed by atoms with Crippen LogP contribution in [0.5, 0.6) is 0 Å². The van der Waals surface area contributed by atoms with Crippen molar-refractivity contribution < 1.29 is 8.42 Å². The molecule has 0 saturated heterocycles. The van der Waals surface area contributed by atoms with Crippen LogP contribution in [0.1, 0.15) is 5.56 Å². The molecule has 4 aromatic rings. The highest BCUT2D eigenvalue weighted by atomic mass is 32.2. The SMILES string of the molecule is Cc1ccc(Nc2ncc3ncc(=O)n(-c4ccc(NS(C)(=O)=O)cc4)c3n2)cc1. The minimum Gasteiger partial charge on any atom is -0.324 e. The summed E-state index contributed by atoms with van der Waals surface area (Å²) in [5.41, 5.74) is 3.26. The summed E-state index contributed by atoms with van der Waals surface area (Å²) in [6, 6.07) is 14.1. The summed E-state index contributed by atoms with van der Waals surface area (Å²) in [5, 5.41) is 3.11. The largest absolute Gasteiger partial charge is 0.324 e. The van der Waals surface area contributed by atoms with Crippen molar-refractivity contribution in [3.63, 3.8) is 0 Å². The van der Waals surface area contributed by atoms with E-state index in [0.29, 0.717) is 28.5 Å². The molecule has 30 heavy (non-hydrogen) atoms. The lowest BCUT2D eigenvalue weighted by Gasteiger charge is -2.11. The first kappa shape index (κ1) is 19.5. The summed E-state index contributed by atoms with van der Waals surface area (Å²) in [6.07, 6.45) is 3.80. The van der Waals surface area contributed by atoms with Crippen LogP contribution in [0, 0.1) is 6.92 Å². The van der Waals surface area contributed by atoms with Crippen molar-refractivity contribution in [1.82, 2.24) is 19.5 Å². The number of rotatable bonds is 5. The van der Waals surface area contributed by atoms with Gasteiger partial charge in [0.1, 0.15) is 5.52 Å². The normalized spacial score (nSPS) is 11.4. The lowest BCUT2D eigenvalue weighted by atomic mass is 10.2. The lowest BCUT2D eigenvalue weighted by Crippen LogP contribution is -2.20. The van der Waals surface area contributed by atoms with Crippen LogP contribution in [0.25, 0.3) is 16.9 Å². The van der Waals surface area contributed by atoms with Crippen LogP contribution >= 0.6 is 0 Å². The summed E-state index contributed by atoms with van der Waals surface area (Å²) >= 11 is 0. The van der Waals surface area contributed by atoms with Crippen LogP contribution in [-0.2, 0) is 10.0 Å². The monoisotopic (exact) mass is 422 g/mol. The molecule has 0 unspecified atom stereocenters. The Balaban J connectivity index is 1.76. The average molecular weight is 422 g/mol. The molecular formula is C20H18N6O3S. The summed E-state index contributed by atoms with van der Waals surface area (Å²) in [5.74, 6) is 0.322. The van der Waals surface area contributed by atoms with E-state index in [1.165, 1.54) is 17.0 Å². The van der Waals surface area contributed by atoms with Crippen molar-refractivity contribution in [2.45, 2.75) is 6.92 Å². The fraction of sp³-hybridized carbons (Fsp3) is 0.100. The number of anilines is 3. The van der Waals surface area contributed by atoms with Crippen LogP contribution in [0.15, 0.2) is 65.7 Å². The standard InChI is InChI=1S/C20H18N6O3S/c1-13-3-5-14(6-4-13)23-20-22-11-17-19(24-20)26(18(27)12-21-17)16-9-7-15(8-10-16)25-30(2,28)29/h3-12,25H,1-2H3,(H,22,23,24). The molecule has 0 fully saturated rings. The zero-order chi connectivity index (χ0) is 21.3. The Bertz CT molecular complexity index is 1380. The molecule has 9 nitrogen and oxygen atoms in total. The fourth-order valence-electron chi connectivity index (χ4n) is 2.88. The molecule has 0 aliphatic carbocycles. The van der Waals surface area contributed by atoms with Gasteiger partial charge in [0, 0.05) is 11.4 Å². The van der Waals surface area contributed by atoms with E-state index < -0.39 is 10.0 Å². The lowest BCUT2D eigenvalue weighted by molar-refractivity contribution is 0.607. The molecule has 0 atom stereocenters. The van der Waals surface area contributed by atoms with Crippen molar-refractivity contribution >= 4 is 38.5 Å². The third-order valence-corrected chi connectivity index (χ3v) is 4.84. The number of aromatic nitrogens is 4. The molecule has 0 aliphatic heterocycles. The van der Waals surface area contributed by atoms with Crippen molar-refractivity contribution in [2.24, 2.45) is 0 Å². The molecule has 2 aromatic heterocycles. The third-order valence-electron chi connectivity index (χ3n) is 4.23. The van der Waals surface area contributed by atoms with Crippen LogP contribution in [0.2, 0.25) is 0 Å². The Morgan fingerprint density at radius 2 is 1.57 bits per heavy atom. The van der Waals surface area contributed by atoms with E-state index in [1.54, 1.807) is 24.3 Å². The Morgan fingerprint density at radius 3 is 2.23 bits per heavy atom. The van der Waals surface area contributed by atoms with Crippen LogP contribution in [0.3, 0.4) is 0 Å². The molecule has 0 spiro atoms. The zero-order valence-electron chi connectivity index (χ0n) is 16.2. The van der Waals surface area contributed by atoms with Gasteiger partial charge in [-0.05, 0) is 43.3 Å². The van der Waals surface area contributed by atoms with E-state index >= 15 is 0 Å². The zero-order valence-corrected chi connectivity index (χ0v) is 17.0. The van der Waals surface area contributed by atoms with E-state index in [4.69, 9.17) is 0 Å². The van der Waals surface area contributed by atoms with E-state index in [2.05, 4.69) is 25.0 Å². The van der Waals surface area contributed by atoms with Gasteiger partial charge in [-0.1, -0.05) is 17.7 Å². The number of nitrogens with zero attached hydrogens (tertiary/aromatic N) is 4. The van der Waals surface area contributed by atoms with Crippen molar-refractivity contribution in [3.05, 3.63) is 76.8 Å². The van der Waals surface area contributed by atoms with Gasteiger partial charge >= 0.3 is 0 Å². The maximum absolute atomic E-state index is 12.6. The first-order chi connectivity index (χ1) is 14.3. The first-order valence-corrected chi connectivity index (χ1v) is 10.8. The average Bonchev–Trinajstić information content (AvgIpc) is 2.69. The van der Waals surface area contributed by atoms with Gasteiger partial charge in [0.25, 0.3) is 5.56 Å². The summed E-state index contributed by atoms with van der Waals surface area (Å²) in [6.45, 7) is 2.00. The van der Waals surface area contributed by atoms with E-state index in [-0.39, 0.29) is 5.56 Å². The molecule has 152 valence electrons. The van der Waals surface area contributed by atoms with Gasteiger partial charge < -0.3 is 5.32 Å². The second-order valence-corrected chi connectivity index (χ2v) is 8.49. The highest BCUT2D eigenvalue weighted by Crippen LogP contribution is 2.19. The Hall–Kier alpha value is -3.79. The van der Waals surface area contributed by atoms with E-state index in [9.17, 15) is 13.2 Å². The van der Waals surface area contributed by atoms with Gasteiger partial charge in [-0.25, -0.2) is 18.4 Å². The number of hydrogen-bond acceptors (Lipinski definition) is 7. The molecule has 2 N–H and O–H groups in total. The predicted octanol–water partition coefficient (Wildman–Crippen LogP) is 2.60. The topological polar surface area (TPSA) is 119 Å².